The Hall–Kier alpha value is -4.32. The molecule has 1 fully saturated rings. The Balaban J connectivity index is 1.46. The lowest BCUT2D eigenvalue weighted by atomic mass is 9.97. The van der Waals surface area contributed by atoms with Gasteiger partial charge < -0.3 is 24.0 Å². The van der Waals surface area contributed by atoms with Crippen molar-refractivity contribution in [2.75, 3.05) is 40.3 Å². The smallest absolute Gasteiger partial charge is 0.409 e. The Morgan fingerprint density at radius 1 is 1.32 bits per heavy atom. The molecular weight excluding hydrogens is 508 g/mol. The predicted molar refractivity (Wildman–Crippen MR) is 140 cm³/mol. The molecule has 1 aromatic carbocycles. The van der Waals surface area contributed by atoms with Crippen molar-refractivity contribution in [2.45, 2.75) is 6.61 Å². The van der Waals surface area contributed by atoms with Crippen LogP contribution >= 0.6 is 11.3 Å². The average Bonchev–Trinajstić information content (AvgIpc) is 3.78. The van der Waals surface area contributed by atoms with Crippen molar-refractivity contribution in [1.82, 2.24) is 29.4 Å². The highest BCUT2D eigenvalue weighted by Gasteiger charge is 2.33. The van der Waals surface area contributed by atoms with E-state index in [2.05, 4.69) is 10.2 Å². The SMILES string of the molecule is [2H]C([2H])([2H])N(CCN1CCOC1=O)C(=O)c1nn(-c2ccsc2)c2c1COc1cc(OC)c(-c3cnn(C([2H])([2H])[2H])c3)cc1-2. The summed E-state index contributed by atoms with van der Waals surface area (Å²) in [6, 6.07) is 5.22. The van der Waals surface area contributed by atoms with Crippen LogP contribution in [0.3, 0.4) is 0 Å². The minimum absolute atomic E-state index is 0.0250. The molecule has 3 aromatic heterocycles. The van der Waals surface area contributed by atoms with Crippen LogP contribution < -0.4 is 9.47 Å². The third-order valence-corrected chi connectivity index (χ3v) is 7.11. The van der Waals surface area contributed by atoms with Crippen molar-refractivity contribution in [3.8, 4) is 39.6 Å². The highest BCUT2D eigenvalue weighted by atomic mass is 32.1. The van der Waals surface area contributed by atoms with Crippen molar-refractivity contribution < 1.29 is 32.0 Å². The summed E-state index contributed by atoms with van der Waals surface area (Å²) < 4.78 is 66.3. The predicted octanol–water partition coefficient (Wildman–Crippen LogP) is 3.43. The number of ether oxygens (including phenoxy) is 3. The summed E-state index contributed by atoms with van der Waals surface area (Å²) in [5, 5.41) is 12.3. The Labute approximate surface area is 231 Å². The molecule has 0 aliphatic carbocycles. The maximum atomic E-state index is 13.9. The standard InChI is InChI=1S/C26H26N6O5S/c1-29(5-6-31-7-8-36-26(31)34)25(33)23-20-14-37-22-11-21(35-3)18(16-12-27-30(2)13-16)10-19(22)24(20)32(28-23)17-4-9-38-15-17/h4,9-13,15H,5-8,14H2,1-3H3/i1D3,2D3. The summed E-state index contributed by atoms with van der Waals surface area (Å²) in [6.45, 7) is -5.19. The van der Waals surface area contributed by atoms with Crippen LogP contribution in [0.5, 0.6) is 11.5 Å². The lowest BCUT2D eigenvalue weighted by molar-refractivity contribution is 0.0773. The van der Waals surface area contributed by atoms with Crippen molar-refractivity contribution in [1.29, 1.82) is 0 Å². The van der Waals surface area contributed by atoms with Gasteiger partial charge >= 0.3 is 6.09 Å². The number of carbonyl (C=O) groups excluding carboxylic acids is 2. The Morgan fingerprint density at radius 3 is 2.95 bits per heavy atom. The molecule has 38 heavy (non-hydrogen) atoms. The molecular formula is C26H26N6O5S. The zero-order valence-corrected chi connectivity index (χ0v) is 21.0. The molecule has 11 nitrogen and oxygen atoms in total. The highest BCUT2D eigenvalue weighted by Crippen LogP contribution is 2.46. The molecule has 196 valence electrons. The minimum atomic E-state index is -2.82. The number of rotatable bonds is 7. The van der Waals surface area contributed by atoms with Crippen LogP contribution in [0, 0.1) is 0 Å². The van der Waals surface area contributed by atoms with Gasteiger partial charge in [-0.3, -0.25) is 9.48 Å². The van der Waals surface area contributed by atoms with E-state index in [4.69, 9.17) is 22.4 Å². The molecule has 4 aromatic rings. The summed E-state index contributed by atoms with van der Waals surface area (Å²) in [7, 11) is 1.48. The van der Waals surface area contributed by atoms with Crippen LogP contribution in [-0.2, 0) is 18.3 Å². The van der Waals surface area contributed by atoms with E-state index in [0.717, 1.165) is 9.58 Å². The molecule has 2 aliphatic rings. The number of amides is 2. The second-order valence-corrected chi connectivity index (χ2v) is 9.42. The summed E-state index contributed by atoms with van der Waals surface area (Å²) in [5.41, 5.74) is 2.94. The van der Waals surface area contributed by atoms with Crippen LogP contribution in [0.1, 0.15) is 24.3 Å². The second-order valence-electron chi connectivity index (χ2n) is 8.64. The van der Waals surface area contributed by atoms with E-state index in [-0.39, 0.29) is 32.0 Å². The number of cyclic esters (lactones) is 1. The third-order valence-electron chi connectivity index (χ3n) is 6.44. The fraction of sp³-hybridized carbons (Fsp3) is 0.308. The van der Waals surface area contributed by atoms with E-state index < -0.39 is 26.0 Å². The number of methoxy groups -OCH3 is 1. The molecule has 0 N–H and O–H groups in total. The first-order valence-corrected chi connectivity index (χ1v) is 12.6. The van der Waals surface area contributed by atoms with Gasteiger partial charge in [0, 0.05) is 75.2 Å². The minimum Gasteiger partial charge on any atom is -0.496 e. The van der Waals surface area contributed by atoms with Crippen molar-refractivity contribution in [3.63, 3.8) is 0 Å². The van der Waals surface area contributed by atoms with Gasteiger partial charge in [0.2, 0.25) is 0 Å². The molecule has 0 saturated carbocycles. The molecule has 5 heterocycles. The molecule has 0 spiro atoms. The lowest BCUT2D eigenvalue weighted by Gasteiger charge is -2.23. The monoisotopic (exact) mass is 540 g/mol. The number of fused-ring (bicyclic) bond motifs is 3. The van der Waals surface area contributed by atoms with E-state index >= 15 is 0 Å². The van der Waals surface area contributed by atoms with Gasteiger partial charge in [-0.15, -0.1) is 0 Å². The number of hydrogen-bond acceptors (Lipinski definition) is 8. The number of nitrogens with zero attached hydrogens (tertiary/aromatic N) is 6. The second kappa shape index (κ2) is 9.53. The average molecular weight is 541 g/mol. The molecule has 0 unspecified atom stereocenters. The molecule has 0 radical (unpaired) electrons. The molecule has 0 bridgehead atoms. The maximum absolute atomic E-state index is 13.9. The van der Waals surface area contributed by atoms with E-state index in [1.807, 2.05) is 16.8 Å². The Morgan fingerprint density at radius 2 is 2.24 bits per heavy atom. The fourth-order valence-corrected chi connectivity index (χ4v) is 5.17. The first-order valence-electron chi connectivity index (χ1n) is 14.7. The Bertz CT molecular complexity index is 1730. The first-order chi connectivity index (χ1) is 20.9. The normalized spacial score (nSPS) is 17.1. The van der Waals surface area contributed by atoms with Crippen LogP contribution in [-0.4, -0.2) is 81.7 Å². The summed E-state index contributed by atoms with van der Waals surface area (Å²) in [6.07, 6.45) is 2.23. The molecule has 0 atom stereocenters. The van der Waals surface area contributed by atoms with Gasteiger partial charge in [-0.2, -0.15) is 21.5 Å². The summed E-state index contributed by atoms with van der Waals surface area (Å²) in [4.78, 5) is 27.9. The number of hydrogen-bond donors (Lipinski definition) is 0. The van der Waals surface area contributed by atoms with Crippen LogP contribution in [0.4, 0.5) is 4.79 Å². The van der Waals surface area contributed by atoms with E-state index in [9.17, 15) is 9.59 Å². The third kappa shape index (κ3) is 4.06. The topological polar surface area (TPSA) is 104 Å². The maximum Gasteiger partial charge on any atom is 0.409 e. The first kappa shape index (κ1) is 18.0. The largest absolute Gasteiger partial charge is 0.496 e. The van der Waals surface area contributed by atoms with Gasteiger partial charge in [0.1, 0.15) is 24.7 Å². The number of aromatic nitrogens is 4. The summed E-state index contributed by atoms with van der Waals surface area (Å²) >= 11 is 1.42. The molecule has 2 aliphatic heterocycles. The quantitative estimate of drug-likeness (QED) is 0.354. The zero-order valence-electron chi connectivity index (χ0n) is 26.2. The van der Waals surface area contributed by atoms with Gasteiger partial charge in [-0.25, -0.2) is 9.48 Å². The van der Waals surface area contributed by atoms with Crippen molar-refractivity contribution in [3.05, 3.63) is 52.6 Å². The van der Waals surface area contributed by atoms with E-state index in [1.165, 1.54) is 35.7 Å². The van der Waals surface area contributed by atoms with E-state index in [1.54, 1.807) is 16.8 Å². The zero-order chi connectivity index (χ0) is 31.4. The number of carbonyl (C=O) groups is 2. The van der Waals surface area contributed by atoms with Crippen LogP contribution in [0.15, 0.2) is 41.4 Å². The number of aryl methyl sites for hydroxylation is 1. The highest BCUT2D eigenvalue weighted by molar-refractivity contribution is 7.08. The number of likely N-dealkylation sites (N-methyl/N-ethyl adjacent to an activating group) is 1. The lowest BCUT2D eigenvalue weighted by Crippen LogP contribution is -2.37. The fourth-order valence-electron chi connectivity index (χ4n) is 4.55. The van der Waals surface area contributed by atoms with Gasteiger partial charge in [0.05, 0.1) is 31.2 Å². The molecule has 1 saturated heterocycles. The van der Waals surface area contributed by atoms with Gasteiger partial charge in [-0.05, 0) is 17.5 Å². The molecule has 2 amide bonds. The van der Waals surface area contributed by atoms with Crippen molar-refractivity contribution in [2.24, 2.45) is 6.98 Å². The van der Waals surface area contributed by atoms with Gasteiger partial charge in [0.15, 0.2) is 5.69 Å². The van der Waals surface area contributed by atoms with Gasteiger partial charge in [0.25, 0.3) is 5.91 Å². The summed E-state index contributed by atoms with van der Waals surface area (Å²) in [5.74, 6) is -0.0105. The molecule has 6 rings (SSSR count). The Kier molecular flexibility index (Phi) is 4.52. The number of thiophene rings is 1. The number of benzene rings is 1. The van der Waals surface area contributed by atoms with Crippen LogP contribution in [0.2, 0.25) is 0 Å². The molecule has 12 heteroatoms. The van der Waals surface area contributed by atoms with E-state index in [0.29, 0.717) is 51.7 Å². The van der Waals surface area contributed by atoms with Crippen LogP contribution in [0.25, 0.3) is 28.1 Å². The van der Waals surface area contributed by atoms with Gasteiger partial charge in [-0.1, -0.05) is 0 Å². The van der Waals surface area contributed by atoms with Crippen molar-refractivity contribution >= 4 is 23.3 Å².